The molecule has 6 nitrogen and oxygen atoms in total. The summed E-state index contributed by atoms with van der Waals surface area (Å²) in [5, 5.41) is 5.31. The first-order valence-corrected chi connectivity index (χ1v) is 9.48. The van der Waals surface area contributed by atoms with Crippen molar-refractivity contribution >= 4 is 23.0 Å². The third kappa shape index (κ3) is 3.62. The first-order chi connectivity index (χ1) is 13.2. The highest BCUT2D eigenvalue weighted by atomic mass is 16.5. The summed E-state index contributed by atoms with van der Waals surface area (Å²) in [6.45, 7) is 7.76. The molecule has 2 aromatic heterocycles. The second-order valence-electron chi connectivity index (χ2n) is 7.14. The van der Waals surface area contributed by atoms with Crippen molar-refractivity contribution < 1.29 is 9.47 Å². The van der Waals surface area contributed by atoms with E-state index in [4.69, 9.17) is 14.5 Å². The molecule has 2 aliphatic rings. The number of methoxy groups -OCH3 is 1. The predicted molar refractivity (Wildman–Crippen MR) is 106 cm³/mol. The van der Waals surface area contributed by atoms with Gasteiger partial charge < -0.3 is 19.8 Å². The van der Waals surface area contributed by atoms with Gasteiger partial charge in [-0.15, -0.1) is 0 Å². The van der Waals surface area contributed by atoms with Crippen LogP contribution in [0.1, 0.15) is 36.9 Å². The summed E-state index contributed by atoms with van der Waals surface area (Å²) >= 11 is 0. The van der Waals surface area contributed by atoms with E-state index in [1.165, 1.54) is 5.57 Å². The van der Waals surface area contributed by atoms with Gasteiger partial charge in [-0.1, -0.05) is 6.58 Å². The number of ether oxygens (including phenoxy) is 2. The van der Waals surface area contributed by atoms with Gasteiger partial charge in [0.05, 0.1) is 12.5 Å². The fraction of sp³-hybridized carbons (Fsp3) is 0.429. The summed E-state index contributed by atoms with van der Waals surface area (Å²) in [5.74, 6) is 2.19. The molecule has 1 fully saturated rings. The normalized spacial score (nSPS) is 17.6. The standard InChI is InChI=1S/C21H26N4O2/c1-13-4-5-16(12-22-13)14(2)23-21-24-19-17(15-8-10-27-11-9-15)6-7-18(26-3)20(19)25-21/h4-5,12,15H,2,6-11H2,1,3H3,(H2,23,24,25). The van der Waals surface area contributed by atoms with E-state index in [1.807, 2.05) is 25.3 Å². The summed E-state index contributed by atoms with van der Waals surface area (Å²) in [6.07, 6.45) is 5.84. The summed E-state index contributed by atoms with van der Waals surface area (Å²) < 4.78 is 11.2. The fourth-order valence-electron chi connectivity index (χ4n) is 3.87. The molecule has 0 radical (unpaired) electrons. The topological polar surface area (TPSA) is 72.1 Å². The maximum absolute atomic E-state index is 5.62. The van der Waals surface area contributed by atoms with E-state index in [1.54, 1.807) is 7.11 Å². The van der Waals surface area contributed by atoms with E-state index in [2.05, 4.69) is 21.9 Å². The molecular formula is C21H26N4O2. The molecule has 6 heteroatoms. The molecule has 0 saturated carbocycles. The van der Waals surface area contributed by atoms with Crippen LogP contribution in [0.3, 0.4) is 0 Å². The second-order valence-corrected chi connectivity index (χ2v) is 7.14. The molecule has 4 rings (SSSR count). The molecule has 2 aromatic rings. The Kier molecular flexibility index (Phi) is 4.99. The molecule has 1 aliphatic carbocycles. The number of nitrogens with zero attached hydrogens (tertiary/aromatic N) is 2. The Bertz CT molecular complexity index is 953. The number of pyridine rings is 1. The Morgan fingerprint density at radius 2 is 2.11 bits per heavy atom. The lowest BCUT2D eigenvalue weighted by atomic mass is 9.86. The quantitative estimate of drug-likeness (QED) is 0.850. The summed E-state index contributed by atoms with van der Waals surface area (Å²) in [4.78, 5) is 12.6. The summed E-state index contributed by atoms with van der Waals surface area (Å²) in [7, 11) is 1.73. The Morgan fingerprint density at radius 3 is 2.81 bits per heavy atom. The average molecular weight is 366 g/mol. The molecule has 0 bridgehead atoms. The van der Waals surface area contributed by atoms with Crippen molar-refractivity contribution in [3.05, 3.63) is 46.9 Å². The van der Waals surface area contributed by atoms with Crippen molar-refractivity contribution in [2.45, 2.75) is 32.6 Å². The van der Waals surface area contributed by atoms with E-state index in [9.17, 15) is 0 Å². The number of hydrogen-bond donors (Lipinski definition) is 2. The monoisotopic (exact) mass is 366 g/mol. The number of nitrogens with one attached hydrogen (secondary N) is 2. The highest BCUT2D eigenvalue weighted by Gasteiger charge is 2.24. The molecule has 0 unspecified atom stereocenters. The maximum Gasteiger partial charge on any atom is 0.205 e. The Labute approximate surface area is 159 Å². The van der Waals surface area contributed by atoms with E-state index >= 15 is 0 Å². The number of aromatic nitrogens is 3. The number of H-pyrrole nitrogens is 1. The summed E-state index contributed by atoms with van der Waals surface area (Å²) in [6, 6.07) is 3.98. The summed E-state index contributed by atoms with van der Waals surface area (Å²) in [5.41, 5.74) is 4.11. The van der Waals surface area contributed by atoms with E-state index < -0.39 is 0 Å². The minimum atomic E-state index is 0.538. The number of anilines is 1. The van der Waals surface area contributed by atoms with E-state index in [0.29, 0.717) is 11.9 Å². The Morgan fingerprint density at radius 1 is 1.30 bits per heavy atom. The Balaban J connectivity index is 1.69. The number of imidazole rings is 1. The first kappa shape index (κ1) is 17.8. The molecule has 27 heavy (non-hydrogen) atoms. The minimum absolute atomic E-state index is 0.538. The van der Waals surface area contributed by atoms with Crippen LogP contribution >= 0.6 is 0 Å². The van der Waals surface area contributed by atoms with Crippen LogP contribution in [0.2, 0.25) is 0 Å². The first-order valence-electron chi connectivity index (χ1n) is 9.48. The van der Waals surface area contributed by atoms with Gasteiger partial charge in [0.2, 0.25) is 5.95 Å². The molecule has 0 atom stereocenters. The number of rotatable bonds is 5. The number of aryl methyl sites for hydroxylation is 1. The minimum Gasteiger partial charge on any atom is -0.499 e. The molecule has 0 amide bonds. The van der Waals surface area contributed by atoms with Gasteiger partial charge in [0.15, 0.2) is 0 Å². The number of aromatic amines is 1. The molecule has 2 N–H and O–H groups in total. The molecule has 1 aliphatic heterocycles. The lowest BCUT2D eigenvalue weighted by molar-refractivity contribution is 0.0797. The smallest absolute Gasteiger partial charge is 0.205 e. The molecule has 3 heterocycles. The second kappa shape index (κ2) is 7.56. The SMILES string of the molecule is C=C(Nc1nc2c([nH]1)=C(OC)CCC=2C1CCOCC1)c1ccc(C)nc1. The highest BCUT2D eigenvalue weighted by molar-refractivity contribution is 5.72. The zero-order valence-electron chi connectivity index (χ0n) is 16.0. The van der Waals surface area contributed by atoms with Crippen LogP contribution in [-0.4, -0.2) is 35.3 Å². The molecule has 0 spiro atoms. The van der Waals surface area contributed by atoms with Crippen molar-refractivity contribution in [1.29, 1.82) is 0 Å². The largest absolute Gasteiger partial charge is 0.499 e. The molecule has 142 valence electrons. The molecule has 0 aromatic carbocycles. The van der Waals surface area contributed by atoms with Gasteiger partial charge in [-0.25, -0.2) is 4.98 Å². The predicted octanol–water partition coefficient (Wildman–Crippen LogP) is 2.32. The van der Waals surface area contributed by atoms with Crippen LogP contribution in [-0.2, 0) is 9.47 Å². The van der Waals surface area contributed by atoms with Gasteiger partial charge in [-0.2, -0.15) is 0 Å². The van der Waals surface area contributed by atoms with Gasteiger partial charge in [0.1, 0.15) is 11.1 Å². The zero-order chi connectivity index (χ0) is 18.8. The number of hydrogen-bond acceptors (Lipinski definition) is 5. The van der Waals surface area contributed by atoms with Gasteiger partial charge in [-0.3, -0.25) is 4.98 Å². The molecule has 1 saturated heterocycles. The van der Waals surface area contributed by atoms with Crippen LogP contribution in [0.5, 0.6) is 0 Å². The van der Waals surface area contributed by atoms with Crippen LogP contribution in [0.4, 0.5) is 5.95 Å². The van der Waals surface area contributed by atoms with Gasteiger partial charge >= 0.3 is 0 Å². The Hall–Kier alpha value is -2.60. The van der Waals surface area contributed by atoms with Gasteiger partial charge in [-0.05, 0) is 49.8 Å². The van der Waals surface area contributed by atoms with Crippen molar-refractivity contribution in [2.24, 2.45) is 5.92 Å². The van der Waals surface area contributed by atoms with Crippen molar-refractivity contribution in [3.8, 4) is 0 Å². The van der Waals surface area contributed by atoms with Crippen LogP contribution in [0.15, 0.2) is 24.9 Å². The highest BCUT2D eigenvalue weighted by Crippen LogP contribution is 2.29. The average Bonchev–Trinajstić information content (AvgIpc) is 3.11. The van der Waals surface area contributed by atoms with Crippen LogP contribution < -0.4 is 16.0 Å². The fourth-order valence-corrected chi connectivity index (χ4v) is 3.87. The van der Waals surface area contributed by atoms with Gasteiger partial charge in [0.25, 0.3) is 0 Å². The van der Waals surface area contributed by atoms with Crippen molar-refractivity contribution in [1.82, 2.24) is 15.0 Å². The lowest BCUT2D eigenvalue weighted by Gasteiger charge is -2.25. The zero-order valence-corrected chi connectivity index (χ0v) is 16.0. The van der Waals surface area contributed by atoms with Crippen molar-refractivity contribution in [3.63, 3.8) is 0 Å². The third-order valence-electron chi connectivity index (χ3n) is 5.40. The van der Waals surface area contributed by atoms with E-state index in [0.717, 1.165) is 72.3 Å². The lowest BCUT2D eigenvalue weighted by Crippen LogP contribution is -2.36. The molecular weight excluding hydrogens is 340 g/mol. The van der Waals surface area contributed by atoms with Gasteiger partial charge in [0, 0.05) is 42.8 Å². The maximum atomic E-state index is 5.62. The van der Waals surface area contributed by atoms with E-state index in [-0.39, 0.29) is 0 Å². The third-order valence-corrected chi connectivity index (χ3v) is 5.40. The van der Waals surface area contributed by atoms with Crippen LogP contribution in [0, 0.1) is 12.8 Å². The van der Waals surface area contributed by atoms with Crippen LogP contribution in [0.25, 0.3) is 17.0 Å². The van der Waals surface area contributed by atoms with Crippen molar-refractivity contribution in [2.75, 3.05) is 25.6 Å². The number of fused-ring (bicyclic) bond motifs is 1.